The van der Waals surface area contributed by atoms with Crippen molar-refractivity contribution in [3.63, 3.8) is 0 Å². The van der Waals surface area contributed by atoms with Crippen LogP contribution in [-0.2, 0) is 16.4 Å². The number of likely N-dealkylation sites (tertiary alicyclic amines) is 1. The average Bonchev–Trinajstić information content (AvgIpc) is 3.40. The van der Waals surface area contributed by atoms with Crippen LogP contribution in [0, 0.1) is 17.1 Å². The van der Waals surface area contributed by atoms with Gasteiger partial charge in [0.1, 0.15) is 17.6 Å². The molecule has 2 aliphatic heterocycles. The van der Waals surface area contributed by atoms with E-state index in [1.165, 1.54) is 31.4 Å². The second kappa shape index (κ2) is 11.6. The quantitative estimate of drug-likeness (QED) is 0.406. The summed E-state index contributed by atoms with van der Waals surface area (Å²) in [5.74, 6) is -0.0951. The molecule has 0 saturated carbocycles. The van der Waals surface area contributed by atoms with Gasteiger partial charge >= 0.3 is 6.18 Å². The summed E-state index contributed by atoms with van der Waals surface area (Å²) in [6.07, 6.45) is -1.37. The summed E-state index contributed by atoms with van der Waals surface area (Å²) in [6.45, 7) is 2.30. The maximum absolute atomic E-state index is 14.0. The average molecular weight is 582 g/mol. The summed E-state index contributed by atoms with van der Waals surface area (Å²) < 4.78 is 59.1. The van der Waals surface area contributed by atoms with Gasteiger partial charge in [0.05, 0.1) is 35.0 Å². The molecule has 5 rings (SSSR count). The molecule has 0 bridgehead atoms. The van der Waals surface area contributed by atoms with E-state index in [0.29, 0.717) is 54.2 Å². The van der Waals surface area contributed by atoms with Gasteiger partial charge in [-0.3, -0.25) is 9.78 Å². The summed E-state index contributed by atoms with van der Waals surface area (Å²) in [7, 11) is 3.49. The standard InChI is InChI=1S/C31H31F4N5O2/c1-39-12-9-24(19-39)38-29(41)30(22-3-6-26(37-18-22)25-16-23(32)5-8-28(25)42-2)10-13-40(14-11-30)27-7-4-21(31(33,34)35)15-20(27)17-36/h3-8,15-16,18,24H,9-14,19H2,1-2H3,(H,38,41)/t24-/m0/s1. The minimum atomic E-state index is -4.55. The van der Waals surface area contributed by atoms with Crippen LogP contribution in [0.4, 0.5) is 23.2 Å². The summed E-state index contributed by atoms with van der Waals surface area (Å²) >= 11 is 0. The number of nitriles is 1. The number of pyridine rings is 1. The predicted molar refractivity (Wildman–Crippen MR) is 150 cm³/mol. The fourth-order valence-corrected chi connectivity index (χ4v) is 5.95. The third kappa shape index (κ3) is 5.77. The van der Waals surface area contributed by atoms with Crippen molar-refractivity contribution in [2.24, 2.45) is 0 Å². The number of piperidine rings is 1. The molecule has 2 saturated heterocycles. The maximum Gasteiger partial charge on any atom is 0.416 e. The molecule has 7 nitrogen and oxygen atoms in total. The van der Waals surface area contributed by atoms with E-state index in [0.717, 1.165) is 31.6 Å². The van der Waals surface area contributed by atoms with Gasteiger partial charge in [-0.2, -0.15) is 18.4 Å². The fraction of sp³-hybridized carbons (Fsp3) is 0.387. The Hall–Kier alpha value is -4.17. The van der Waals surface area contributed by atoms with E-state index in [9.17, 15) is 27.6 Å². The Morgan fingerprint density at radius 1 is 1.12 bits per heavy atom. The molecule has 0 unspecified atom stereocenters. The summed E-state index contributed by atoms with van der Waals surface area (Å²) in [5.41, 5.74) is 0.179. The van der Waals surface area contributed by atoms with E-state index in [-0.39, 0.29) is 17.5 Å². The van der Waals surface area contributed by atoms with E-state index < -0.39 is 23.0 Å². The molecular weight excluding hydrogens is 550 g/mol. The monoisotopic (exact) mass is 581 g/mol. The number of nitrogens with one attached hydrogen (secondary N) is 1. The number of alkyl halides is 3. The number of nitrogens with zero attached hydrogens (tertiary/aromatic N) is 4. The van der Waals surface area contributed by atoms with Crippen LogP contribution in [0.5, 0.6) is 5.75 Å². The van der Waals surface area contributed by atoms with Crippen LogP contribution >= 0.6 is 0 Å². The Kier molecular flexibility index (Phi) is 8.10. The van der Waals surface area contributed by atoms with Crippen molar-refractivity contribution in [3.8, 4) is 23.1 Å². The molecule has 11 heteroatoms. The fourth-order valence-electron chi connectivity index (χ4n) is 5.95. The minimum absolute atomic E-state index is 0.00120. The molecule has 42 heavy (non-hydrogen) atoms. The number of benzene rings is 2. The Morgan fingerprint density at radius 3 is 2.48 bits per heavy atom. The van der Waals surface area contributed by atoms with Crippen molar-refractivity contribution in [3.05, 3.63) is 77.2 Å². The Morgan fingerprint density at radius 2 is 1.88 bits per heavy atom. The second-order valence-electron chi connectivity index (χ2n) is 10.9. The molecule has 1 N–H and O–H groups in total. The molecule has 0 aliphatic carbocycles. The number of aromatic nitrogens is 1. The van der Waals surface area contributed by atoms with Crippen molar-refractivity contribution in [1.29, 1.82) is 5.26 Å². The number of hydrogen-bond acceptors (Lipinski definition) is 6. The number of carbonyl (C=O) groups excluding carboxylic acids is 1. The zero-order valence-corrected chi connectivity index (χ0v) is 23.3. The van der Waals surface area contributed by atoms with Crippen molar-refractivity contribution in [1.82, 2.24) is 15.2 Å². The van der Waals surface area contributed by atoms with Crippen molar-refractivity contribution < 1.29 is 27.1 Å². The number of ether oxygens (including phenoxy) is 1. The maximum atomic E-state index is 14.0. The molecule has 2 aliphatic rings. The highest BCUT2D eigenvalue weighted by atomic mass is 19.4. The lowest BCUT2D eigenvalue weighted by Gasteiger charge is -2.42. The van der Waals surface area contributed by atoms with E-state index >= 15 is 0 Å². The number of hydrogen-bond donors (Lipinski definition) is 1. The smallest absolute Gasteiger partial charge is 0.416 e. The molecule has 220 valence electrons. The zero-order chi connectivity index (χ0) is 30.1. The van der Waals surface area contributed by atoms with Gasteiger partial charge in [0, 0.05) is 37.4 Å². The lowest BCUT2D eigenvalue weighted by atomic mass is 9.72. The van der Waals surface area contributed by atoms with Gasteiger partial charge in [0.25, 0.3) is 0 Å². The largest absolute Gasteiger partial charge is 0.496 e. The number of likely N-dealkylation sites (N-methyl/N-ethyl adjacent to an activating group) is 1. The van der Waals surface area contributed by atoms with Gasteiger partial charge < -0.3 is 19.9 Å². The Bertz CT molecular complexity index is 1490. The second-order valence-corrected chi connectivity index (χ2v) is 10.9. The van der Waals surface area contributed by atoms with Gasteiger partial charge in [-0.05, 0) is 80.9 Å². The van der Waals surface area contributed by atoms with Gasteiger partial charge in [-0.15, -0.1) is 0 Å². The summed E-state index contributed by atoms with van der Waals surface area (Å²) in [5, 5.41) is 12.8. The third-order valence-electron chi connectivity index (χ3n) is 8.32. The highest BCUT2D eigenvalue weighted by Crippen LogP contribution is 2.40. The first-order chi connectivity index (χ1) is 20.0. The van der Waals surface area contributed by atoms with Gasteiger partial charge in [-0.25, -0.2) is 4.39 Å². The van der Waals surface area contributed by atoms with Crippen LogP contribution in [0.15, 0.2) is 54.7 Å². The third-order valence-corrected chi connectivity index (χ3v) is 8.32. The van der Waals surface area contributed by atoms with Crippen molar-refractivity contribution >= 4 is 11.6 Å². The molecule has 3 heterocycles. The molecular formula is C31H31F4N5O2. The Balaban J connectivity index is 1.45. The van der Waals surface area contributed by atoms with E-state index in [4.69, 9.17) is 4.74 Å². The van der Waals surface area contributed by atoms with E-state index in [1.807, 2.05) is 24.1 Å². The van der Waals surface area contributed by atoms with Crippen LogP contribution < -0.4 is 15.0 Å². The number of amides is 1. The van der Waals surface area contributed by atoms with E-state index in [2.05, 4.69) is 15.2 Å². The first-order valence-electron chi connectivity index (χ1n) is 13.7. The van der Waals surface area contributed by atoms with Crippen LogP contribution in [0.1, 0.15) is 36.0 Å². The van der Waals surface area contributed by atoms with Crippen LogP contribution in [0.2, 0.25) is 0 Å². The molecule has 1 atom stereocenters. The van der Waals surface area contributed by atoms with Gasteiger partial charge in [0.15, 0.2) is 0 Å². The van der Waals surface area contributed by atoms with Crippen LogP contribution in [0.3, 0.4) is 0 Å². The summed E-state index contributed by atoms with van der Waals surface area (Å²) in [6, 6.07) is 12.8. The highest BCUT2D eigenvalue weighted by molar-refractivity contribution is 5.89. The molecule has 2 aromatic carbocycles. The molecule has 1 amide bonds. The molecule has 3 aromatic rings. The van der Waals surface area contributed by atoms with Crippen molar-refractivity contribution in [2.45, 2.75) is 36.9 Å². The topological polar surface area (TPSA) is 81.5 Å². The lowest BCUT2D eigenvalue weighted by Crippen LogP contribution is -2.54. The lowest BCUT2D eigenvalue weighted by molar-refractivity contribution is -0.137. The normalized spacial score (nSPS) is 18.9. The van der Waals surface area contributed by atoms with Gasteiger partial charge in [-0.1, -0.05) is 6.07 Å². The molecule has 0 spiro atoms. The van der Waals surface area contributed by atoms with E-state index in [1.54, 1.807) is 12.3 Å². The molecule has 2 fully saturated rings. The number of anilines is 1. The number of methoxy groups -OCH3 is 1. The van der Waals surface area contributed by atoms with Crippen LogP contribution in [0.25, 0.3) is 11.3 Å². The number of carbonyl (C=O) groups is 1. The summed E-state index contributed by atoms with van der Waals surface area (Å²) in [4.78, 5) is 22.6. The highest BCUT2D eigenvalue weighted by Gasteiger charge is 2.44. The van der Waals surface area contributed by atoms with Crippen molar-refractivity contribution in [2.75, 3.05) is 45.2 Å². The minimum Gasteiger partial charge on any atom is -0.496 e. The predicted octanol–water partition coefficient (Wildman–Crippen LogP) is 5.15. The van der Waals surface area contributed by atoms with Gasteiger partial charge in [0.2, 0.25) is 5.91 Å². The first kappa shape index (κ1) is 29.3. The van der Waals surface area contributed by atoms with Crippen LogP contribution in [-0.4, -0.2) is 62.2 Å². The Labute approximate surface area is 241 Å². The number of rotatable bonds is 6. The SMILES string of the molecule is COc1ccc(F)cc1-c1ccc(C2(C(=O)N[C@H]3CCN(C)C3)CCN(c3ccc(C(F)(F)F)cc3C#N)CC2)cn1. The zero-order valence-electron chi connectivity index (χ0n) is 23.3. The molecule has 0 radical (unpaired) electrons. The number of halogens is 4. The molecule has 1 aromatic heterocycles. The first-order valence-corrected chi connectivity index (χ1v) is 13.7.